The third-order valence-electron chi connectivity index (χ3n) is 4.21. The van der Waals surface area contributed by atoms with Gasteiger partial charge in [0.05, 0.1) is 12.0 Å². The fourth-order valence-corrected chi connectivity index (χ4v) is 2.44. The standard InChI is InChI=1S/C17H21F7O/c1-4-5-6-12-7-9-13(10-8-12)14(2,25-3)11-15(18,19)16(20,21)17(22,23)24/h7-10H,4-6,11H2,1-3H3. The second-order valence-electron chi connectivity index (χ2n) is 6.19. The summed E-state index contributed by atoms with van der Waals surface area (Å²) >= 11 is 0. The lowest BCUT2D eigenvalue weighted by Crippen LogP contribution is -2.54. The summed E-state index contributed by atoms with van der Waals surface area (Å²) in [5.41, 5.74) is -0.981. The zero-order chi connectivity index (χ0) is 19.5. The van der Waals surface area contributed by atoms with Crippen LogP contribution >= 0.6 is 0 Å². The molecule has 0 N–H and O–H groups in total. The van der Waals surface area contributed by atoms with Gasteiger partial charge in [0.2, 0.25) is 0 Å². The number of halogens is 7. The smallest absolute Gasteiger partial charge is 0.374 e. The Kier molecular flexibility index (Phi) is 6.53. The summed E-state index contributed by atoms with van der Waals surface area (Å²) in [5, 5.41) is 0. The molecule has 0 saturated heterocycles. The van der Waals surface area contributed by atoms with Crippen LogP contribution in [0.2, 0.25) is 0 Å². The van der Waals surface area contributed by atoms with Crippen LogP contribution in [0.1, 0.15) is 44.2 Å². The molecule has 1 atom stereocenters. The SMILES string of the molecule is CCCCc1ccc(C(C)(CC(F)(F)C(F)(F)C(F)(F)F)OC)cc1. The molecule has 0 saturated carbocycles. The fourth-order valence-electron chi connectivity index (χ4n) is 2.44. The predicted molar refractivity (Wildman–Crippen MR) is 80.0 cm³/mol. The monoisotopic (exact) mass is 374 g/mol. The summed E-state index contributed by atoms with van der Waals surface area (Å²) < 4.78 is 95.7. The highest BCUT2D eigenvalue weighted by atomic mass is 19.4. The summed E-state index contributed by atoms with van der Waals surface area (Å²) in [4.78, 5) is 0. The fraction of sp³-hybridized carbons (Fsp3) is 0.647. The van der Waals surface area contributed by atoms with Crippen LogP contribution in [0.4, 0.5) is 30.7 Å². The van der Waals surface area contributed by atoms with Crippen LogP contribution in [0.5, 0.6) is 0 Å². The molecule has 0 fully saturated rings. The van der Waals surface area contributed by atoms with Crippen molar-refractivity contribution in [3.63, 3.8) is 0 Å². The first kappa shape index (κ1) is 21.7. The minimum atomic E-state index is -6.35. The number of ether oxygens (including phenoxy) is 1. The molecule has 0 aliphatic heterocycles. The number of hydrogen-bond donors (Lipinski definition) is 0. The molecule has 0 bridgehead atoms. The molecule has 0 heterocycles. The highest BCUT2D eigenvalue weighted by Gasteiger charge is 2.73. The van der Waals surface area contributed by atoms with E-state index in [1.54, 1.807) is 12.1 Å². The third-order valence-corrected chi connectivity index (χ3v) is 4.21. The van der Waals surface area contributed by atoms with Crippen molar-refractivity contribution in [1.29, 1.82) is 0 Å². The van der Waals surface area contributed by atoms with E-state index in [9.17, 15) is 30.7 Å². The van der Waals surface area contributed by atoms with Gasteiger partial charge in [-0.15, -0.1) is 0 Å². The second kappa shape index (κ2) is 7.51. The van der Waals surface area contributed by atoms with Gasteiger partial charge in [0.15, 0.2) is 0 Å². The van der Waals surface area contributed by atoms with Crippen molar-refractivity contribution in [3.05, 3.63) is 35.4 Å². The van der Waals surface area contributed by atoms with Crippen molar-refractivity contribution in [2.24, 2.45) is 0 Å². The zero-order valence-corrected chi connectivity index (χ0v) is 14.2. The Morgan fingerprint density at radius 1 is 0.920 bits per heavy atom. The Labute approximate surface area is 142 Å². The van der Waals surface area contributed by atoms with Gasteiger partial charge in [-0.25, -0.2) is 0 Å². The summed E-state index contributed by atoms with van der Waals surface area (Å²) in [6.45, 7) is 3.06. The first-order chi connectivity index (χ1) is 11.3. The molecule has 0 amide bonds. The number of alkyl halides is 7. The maximum atomic E-state index is 13.8. The molecule has 0 spiro atoms. The molecule has 1 rings (SSSR count). The molecule has 1 aromatic carbocycles. The van der Waals surface area contributed by atoms with E-state index in [2.05, 4.69) is 0 Å². The summed E-state index contributed by atoms with van der Waals surface area (Å²) in [6.07, 6.45) is -5.54. The van der Waals surface area contributed by atoms with Crippen LogP contribution < -0.4 is 0 Å². The predicted octanol–water partition coefficient (Wildman–Crippen LogP) is 6.11. The van der Waals surface area contributed by atoms with E-state index in [0.29, 0.717) is 0 Å². The number of hydrogen-bond acceptors (Lipinski definition) is 1. The topological polar surface area (TPSA) is 9.23 Å². The summed E-state index contributed by atoms with van der Waals surface area (Å²) in [7, 11) is 0.993. The molecule has 0 aromatic heterocycles. The van der Waals surface area contributed by atoms with Crippen molar-refractivity contribution in [2.75, 3.05) is 7.11 Å². The van der Waals surface area contributed by atoms with Gasteiger partial charge in [0.1, 0.15) is 0 Å². The van der Waals surface area contributed by atoms with Gasteiger partial charge in [-0.2, -0.15) is 30.7 Å². The molecule has 1 aromatic rings. The van der Waals surface area contributed by atoms with Gasteiger partial charge < -0.3 is 4.74 Å². The van der Waals surface area contributed by atoms with Crippen molar-refractivity contribution in [2.45, 2.75) is 63.2 Å². The van der Waals surface area contributed by atoms with Crippen LogP contribution in [0.15, 0.2) is 24.3 Å². The second-order valence-corrected chi connectivity index (χ2v) is 6.19. The highest BCUT2D eigenvalue weighted by Crippen LogP contribution is 2.51. The van der Waals surface area contributed by atoms with Crippen molar-refractivity contribution in [1.82, 2.24) is 0 Å². The van der Waals surface area contributed by atoms with Gasteiger partial charge in [-0.3, -0.25) is 0 Å². The largest absolute Gasteiger partial charge is 0.459 e. The molecule has 25 heavy (non-hydrogen) atoms. The number of rotatable bonds is 8. The van der Waals surface area contributed by atoms with Gasteiger partial charge >= 0.3 is 18.0 Å². The van der Waals surface area contributed by atoms with E-state index >= 15 is 0 Å². The summed E-state index contributed by atoms with van der Waals surface area (Å²) in [5.74, 6) is -11.5. The van der Waals surface area contributed by atoms with E-state index in [1.807, 2.05) is 6.92 Å². The molecule has 8 heteroatoms. The number of methoxy groups -OCH3 is 1. The number of benzene rings is 1. The minimum Gasteiger partial charge on any atom is -0.374 e. The number of aryl methyl sites for hydroxylation is 1. The molecular formula is C17H21F7O. The van der Waals surface area contributed by atoms with E-state index in [0.717, 1.165) is 38.9 Å². The van der Waals surface area contributed by atoms with Crippen LogP contribution in [0.25, 0.3) is 0 Å². The first-order valence-electron chi connectivity index (χ1n) is 7.77. The van der Waals surface area contributed by atoms with Crippen LogP contribution in [-0.4, -0.2) is 25.1 Å². The lowest BCUT2D eigenvalue weighted by molar-refractivity contribution is -0.361. The van der Waals surface area contributed by atoms with Crippen LogP contribution in [0, 0.1) is 0 Å². The van der Waals surface area contributed by atoms with Crippen LogP contribution in [-0.2, 0) is 16.8 Å². The Morgan fingerprint density at radius 3 is 1.84 bits per heavy atom. The maximum absolute atomic E-state index is 13.8. The molecule has 0 aliphatic rings. The average molecular weight is 374 g/mol. The third kappa shape index (κ3) is 4.65. The van der Waals surface area contributed by atoms with Crippen molar-refractivity contribution < 1.29 is 35.5 Å². The molecule has 1 unspecified atom stereocenters. The lowest BCUT2D eigenvalue weighted by Gasteiger charge is -2.36. The van der Waals surface area contributed by atoms with Crippen molar-refractivity contribution >= 4 is 0 Å². The summed E-state index contributed by atoms with van der Waals surface area (Å²) in [6, 6.07) is 6.08. The Hall–Kier alpha value is -1.31. The van der Waals surface area contributed by atoms with Crippen LogP contribution in [0.3, 0.4) is 0 Å². The Balaban J connectivity index is 3.10. The first-order valence-corrected chi connectivity index (χ1v) is 7.77. The quantitative estimate of drug-likeness (QED) is 0.499. The van der Waals surface area contributed by atoms with Gasteiger partial charge in [0, 0.05) is 7.11 Å². The Bertz CT molecular complexity index is 551. The minimum absolute atomic E-state index is 0.105. The van der Waals surface area contributed by atoms with Gasteiger partial charge in [-0.1, -0.05) is 37.6 Å². The highest BCUT2D eigenvalue weighted by molar-refractivity contribution is 5.28. The molecule has 0 radical (unpaired) electrons. The van der Waals surface area contributed by atoms with E-state index in [-0.39, 0.29) is 5.56 Å². The number of unbranched alkanes of at least 4 members (excludes halogenated alkanes) is 1. The van der Waals surface area contributed by atoms with Gasteiger partial charge in [-0.05, 0) is 30.9 Å². The molecule has 144 valence electrons. The van der Waals surface area contributed by atoms with Gasteiger partial charge in [0.25, 0.3) is 0 Å². The van der Waals surface area contributed by atoms with E-state index in [1.165, 1.54) is 12.1 Å². The van der Waals surface area contributed by atoms with Crippen molar-refractivity contribution in [3.8, 4) is 0 Å². The zero-order valence-electron chi connectivity index (χ0n) is 14.2. The molecular weight excluding hydrogens is 353 g/mol. The average Bonchev–Trinajstić information content (AvgIpc) is 2.51. The van der Waals surface area contributed by atoms with E-state index < -0.39 is 30.0 Å². The maximum Gasteiger partial charge on any atom is 0.459 e. The molecule has 0 aliphatic carbocycles. The normalized spacial score (nSPS) is 15.9. The Morgan fingerprint density at radius 2 is 1.44 bits per heavy atom. The van der Waals surface area contributed by atoms with E-state index in [4.69, 9.17) is 4.74 Å². The lowest BCUT2D eigenvalue weighted by atomic mass is 9.86. The molecule has 1 nitrogen and oxygen atoms in total.